The molecule has 0 aromatic heterocycles. The number of nitrogens with one attached hydrogen (secondary N) is 2. The standard InChI is InChI=1S/C15H30N2O2/c1-12(2)10-14(3,4)11-17-13(18)15(19-5)6-8-16-9-7-15/h12,16H,6-11H2,1-5H3,(H,17,18). The van der Waals surface area contributed by atoms with Gasteiger partial charge in [-0.05, 0) is 43.7 Å². The molecule has 1 rings (SSSR count). The van der Waals surface area contributed by atoms with Gasteiger partial charge in [0.2, 0.25) is 0 Å². The van der Waals surface area contributed by atoms with Crippen LogP contribution in [0.1, 0.15) is 47.0 Å². The minimum Gasteiger partial charge on any atom is -0.368 e. The number of piperidine rings is 1. The maximum Gasteiger partial charge on any atom is 0.252 e. The first-order valence-corrected chi connectivity index (χ1v) is 7.35. The Kier molecular flexibility index (Phi) is 5.81. The third kappa shape index (κ3) is 4.77. The fourth-order valence-electron chi connectivity index (χ4n) is 3.01. The highest BCUT2D eigenvalue weighted by molar-refractivity contribution is 5.85. The van der Waals surface area contributed by atoms with E-state index in [0.29, 0.717) is 12.5 Å². The largest absolute Gasteiger partial charge is 0.368 e. The van der Waals surface area contributed by atoms with Gasteiger partial charge in [0, 0.05) is 13.7 Å². The lowest BCUT2D eigenvalue weighted by molar-refractivity contribution is -0.147. The van der Waals surface area contributed by atoms with Crippen LogP contribution in [0.4, 0.5) is 0 Å². The highest BCUT2D eigenvalue weighted by Gasteiger charge is 2.40. The van der Waals surface area contributed by atoms with Gasteiger partial charge < -0.3 is 15.4 Å². The molecular formula is C15H30N2O2. The average molecular weight is 270 g/mol. The van der Waals surface area contributed by atoms with Crippen LogP contribution in [0.5, 0.6) is 0 Å². The maximum absolute atomic E-state index is 12.4. The van der Waals surface area contributed by atoms with Gasteiger partial charge in [-0.25, -0.2) is 0 Å². The fourth-order valence-corrected chi connectivity index (χ4v) is 3.01. The quantitative estimate of drug-likeness (QED) is 0.775. The number of rotatable bonds is 6. The molecular weight excluding hydrogens is 240 g/mol. The Morgan fingerprint density at radius 1 is 1.37 bits per heavy atom. The van der Waals surface area contributed by atoms with Crippen LogP contribution in [0, 0.1) is 11.3 Å². The van der Waals surface area contributed by atoms with Crippen molar-refractivity contribution in [2.75, 3.05) is 26.7 Å². The zero-order valence-corrected chi connectivity index (χ0v) is 13.1. The summed E-state index contributed by atoms with van der Waals surface area (Å²) in [4.78, 5) is 12.4. The smallest absolute Gasteiger partial charge is 0.252 e. The van der Waals surface area contributed by atoms with Crippen molar-refractivity contribution in [3.05, 3.63) is 0 Å². The van der Waals surface area contributed by atoms with E-state index in [0.717, 1.165) is 32.4 Å². The first kappa shape index (κ1) is 16.4. The van der Waals surface area contributed by atoms with Crippen LogP contribution in [0.3, 0.4) is 0 Å². The van der Waals surface area contributed by atoms with Gasteiger partial charge in [0.05, 0.1) is 0 Å². The highest BCUT2D eigenvalue weighted by Crippen LogP contribution is 2.26. The van der Waals surface area contributed by atoms with Gasteiger partial charge in [0.15, 0.2) is 0 Å². The molecule has 1 amide bonds. The van der Waals surface area contributed by atoms with Crippen molar-refractivity contribution >= 4 is 5.91 Å². The number of amides is 1. The molecule has 0 spiro atoms. The molecule has 1 aliphatic rings. The van der Waals surface area contributed by atoms with E-state index in [1.54, 1.807) is 7.11 Å². The van der Waals surface area contributed by atoms with E-state index in [1.807, 2.05) is 0 Å². The van der Waals surface area contributed by atoms with E-state index in [9.17, 15) is 4.79 Å². The summed E-state index contributed by atoms with van der Waals surface area (Å²) in [5, 5.41) is 6.37. The molecule has 2 N–H and O–H groups in total. The van der Waals surface area contributed by atoms with Gasteiger partial charge in [-0.15, -0.1) is 0 Å². The monoisotopic (exact) mass is 270 g/mol. The fraction of sp³-hybridized carbons (Fsp3) is 0.933. The van der Waals surface area contributed by atoms with E-state index in [1.165, 1.54) is 0 Å². The summed E-state index contributed by atoms with van der Waals surface area (Å²) in [6.45, 7) is 11.2. The van der Waals surface area contributed by atoms with Crippen LogP contribution in [0.15, 0.2) is 0 Å². The molecule has 19 heavy (non-hydrogen) atoms. The molecule has 0 atom stereocenters. The van der Waals surface area contributed by atoms with Gasteiger partial charge in [-0.1, -0.05) is 27.7 Å². The molecule has 0 aliphatic carbocycles. The van der Waals surface area contributed by atoms with Crippen molar-refractivity contribution in [2.24, 2.45) is 11.3 Å². The van der Waals surface area contributed by atoms with Gasteiger partial charge in [0.25, 0.3) is 5.91 Å². The van der Waals surface area contributed by atoms with Crippen LogP contribution in [0.25, 0.3) is 0 Å². The molecule has 4 heteroatoms. The summed E-state index contributed by atoms with van der Waals surface area (Å²) in [7, 11) is 1.64. The van der Waals surface area contributed by atoms with Gasteiger partial charge in [0.1, 0.15) is 5.60 Å². The number of hydrogen-bond donors (Lipinski definition) is 2. The molecule has 4 nitrogen and oxygen atoms in total. The number of carbonyl (C=O) groups excluding carboxylic acids is 1. The zero-order valence-electron chi connectivity index (χ0n) is 13.1. The lowest BCUT2D eigenvalue weighted by Crippen LogP contribution is -2.55. The van der Waals surface area contributed by atoms with Crippen molar-refractivity contribution in [3.8, 4) is 0 Å². The van der Waals surface area contributed by atoms with Crippen molar-refractivity contribution in [3.63, 3.8) is 0 Å². The normalized spacial score (nSPS) is 19.5. The molecule has 0 saturated carbocycles. The molecule has 1 aliphatic heterocycles. The Bertz CT molecular complexity index is 295. The first-order chi connectivity index (χ1) is 8.81. The molecule has 0 aromatic carbocycles. The second-order valence-corrected chi connectivity index (χ2v) is 6.89. The van der Waals surface area contributed by atoms with Gasteiger partial charge in [-0.2, -0.15) is 0 Å². The summed E-state index contributed by atoms with van der Waals surface area (Å²) in [6.07, 6.45) is 2.61. The summed E-state index contributed by atoms with van der Waals surface area (Å²) < 4.78 is 5.53. The Labute approximate surface area is 117 Å². The lowest BCUT2D eigenvalue weighted by atomic mass is 9.83. The van der Waals surface area contributed by atoms with Crippen LogP contribution in [0.2, 0.25) is 0 Å². The van der Waals surface area contributed by atoms with Crippen LogP contribution in [-0.2, 0) is 9.53 Å². The Balaban J connectivity index is 2.53. The molecule has 0 radical (unpaired) electrons. The van der Waals surface area contributed by atoms with Gasteiger partial charge in [-0.3, -0.25) is 4.79 Å². The third-order valence-electron chi connectivity index (χ3n) is 3.90. The van der Waals surface area contributed by atoms with Crippen molar-refractivity contribution in [1.29, 1.82) is 0 Å². The number of hydrogen-bond acceptors (Lipinski definition) is 3. The van der Waals surface area contributed by atoms with Gasteiger partial charge >= 0.3 is 0 Å². The van der Waals surface area contributed by atoms with Crippen molar-refractivity contribution < 1.29 is 9.53 Å². The minimum absolute atomic E-state index is 0.0494. The SMILES string of the molecule is COC1(C(=O)NCC(C)(C)CC(C)C)CCNCC1. The van der Waals surface area contributed by atoms with Crippen LogP contribution < -0.4 is 10.6 Å². The molecule has 1 saturated heterocycles. The van der Waals surface area contributed by atoms with Crippen LogP contribution in [-0.4, -0.2) is 38.3 Å². The van der Waals surface area contributed by atoms with Crippen LogP contribution >= 0.6 is 0 Å². The van der Waals surface area contributed by atoms with E-state index in [-0.39, 0.29) is 11.3 Å². The molecule has 1 fully saturated rings. The number of carbonyl (C=O) groups is 1. The Hall–Kier alpha value is -0.610. The Morgan fingerprint density at radius 2 is 1.95 bits per heavy atom. The van der Waals surface area contributed by atoms with E-state index < -0.39 is 5.60 Å². The predicted molar refractivity (Wildman–Crippen MR) is 78.1 cm³/mol. The van der Waals surface area contributed by atoms with Crippen molar-refractivity contribution in [2.45, 2.75) is 52.6 Å². The summed E-state index contributed by atoms with van der Waals surface area (Å²) >= 11 is 0. The minimum atomic E-state index is -0.626. The first-order valence-electron chi connectivity index (χ1n) is 7.35. The maximum atomic E-state index is 12.4. The molecule has 0 unspecified atom stereocenters. The summed E-state index contributed by atoms with van der Waals surface area (Å²) in [5.41, 5.74) is -0.495. The van der Waals surface area contributed by atoms with E-state index >= 15 is 0 Å². The average Bonchev–Trinajstić information content (AvgIpc) is 2.35. The zero-order chi connectivity index (χ0) is 14.5. The second-order valence-electron chi connectivity index (χ2n) is 6.89. The molecule has 0 bridgehead atoms. The lowest BCUT2D eigenvalue weighted by Gasteiger charge is -2.36. The number of methoxy groups -OCH3 is 1. The second kappa shape index (κ2) is 6.71. The summed E-state index contributed by atoms with van der Waals surface area (Å²) in [5.74, 6) is 0.690. The highest BCUT2D eigenvalue weighted by atomic mass is 16.5. The van der Waals surface area contributed by atoms with Crippen molar-refractivity contribution in [1.82, 2.24) is 10.6 Å². The molecule has 1 heterocycles. The van der Waals surface area contributed by atoms with E-state index in [4.69, 9.17) is 4.74 Å². The number of ether oxygens (including phenoxy) is 1. The Morgan fingerprint density at radius 3 is 2.42 bits per heavy atom. The summed E-state index contributed by atoms with van der Waals surface area (Å²) in [6, 6.07) is 0. The predicted octanol–water partition coefficient (Wildman–Crippen LogP) is 1.94. The molecule has 112 valence electrons. The third-order valence-corrected chi connectivity index (χ3v) is 3.90. The molecule has 0 aromatic rings. The van der Waals surface area contributed by atoms with E-state index in [2.05, 4.69) is 38.3 Å². The topological polar surface area (TPSA) is 50.4 Å².